The molecule has 0 aliphatic heterocycles. The van der Waals surface area contributed by atoms with E-state index >= 15 is 0 Å². The second-order valence-corrected chi connectivity index (χ2v) is 6.18. The molecule has 0 saturated heterocycles. The molecule has 6 nitrogen and oxygen atoms in total. The Labute approximate surface area is 115 Å². The second kappa shape index (κ2) is 5.55. The van der Waals surface area contributed by atoms with Gasteiger partial charge in [0.15, 0.2) is 0 Å². The van der Waals surface area contributed by atoms with Crippen LogP contribution in [0.25, 0.3) is 0 Å². The summed E-state index contributed by atoms with van der Waals surface area (Å²) in [5.74, 6) is 0. The minimum atomic E-state index is -3.74. The van der Waals surface area contributed by atoms with E-state index in [0.29, 0.717) is 12.2 Å². The van der Waals surface area contributed by atoms with Crippen molar-refractivity contribution in [3.05, 3.63) is 40.3 Å². The number of benzene rings is 1. The van der Waals surface area contributed by atoms with Gasteiger partial charge in [0.1, 0.15) is 0 Å². The predicted octanol–water partition coefficient (Wildman–Crippen LogP) is 1.68. The minimum absolute atomic E-state index is 0.425. The molecule has 8 heteroatoms. The van der Waals surface area contributed by atoms with E-state index in [4.69, 9.17) is 5.14 Å². The van der Waals surface area contributed by atoms with E-state index in [9.17, 15) is 8.42 Å². The van der Waals surface area contributed by atoms with Gasteiger partial charge in [-0.3, -0.25) is 4.72 Å². The highest BCUT2D eigenvalue weighted by Crippen LogP contribution is 2.18. The van der Waals surface area contributed by atoms with Crippen LogP contribution in [0.2, 0.25) is 0 Å². The Balaban J connectivity index is 2.05. The number of hydrogen-bond acceptors (Lipinski definition) is 5. The average molecular weight is 298 g/mol. The van der Waals surface area contributed by atoms with Crippen molar-refractivity contribution in [2.75, 3.05) is 10.0 Å². The summed E-state index contributed by atoms with van der Waals surface area (Å²) in [4.78, 5) is 5.31. The summed E-state index contributed by atoms with van der Waals surface area (Å²) in [6, 6.07) is 6.91. The smallest absolute Gasteiger partial charge is 0.296 e. The third-order valence-electron chi connectivity index (χ3n) is 2.42. The molecular weight excluding hydrogens is 284 g/mol. The fraction of sp³-hybridized carbons (Fsp3) is 0.182. The second-order valence-electron chi connectivity index (χ2n) is 3.94. The Morgan fingerprint density at radius 3 is 2.74 bits per heavy atom. The van der Waals surface area contributed by atoms with Crippen molar-refractivity contribution in [2.45, 2.75) is 13.5 Å². The van der Waals surface area contributed by atoms with Gasteiger partial charge in [0.05, 0.1) is 23.4 Å². The van der Waals surface area contributed by atoms with E-state index in [1.165, 1.54) is 0 Å². The molecule has 0 spiro atoms. The molecule has 1 aromatic carbocycles. The third-order valence-corrected chi connectivity index (χ3v) is 3.88. The van der Waals surface area contributed by atoms with Crippen molar-refractivity contribution in [1.29, 1.82) is 0 Å². The summed E-state index contributed by atoms with van der Waals surface area (Å²) < 4.78 is 24.1. The number of anilines is 2. The molecule has 0 radical (unpaired) electrons. The van der Waals surface area contributed by atoms with E-state index < -0.39 is 10.2 Å². The molecule has 0 unspecified atom stereocenters. The maximum Gasteiger partial charge on any atom is 0.296 e. The molecule has 0 bridgehead atoms. The van der Waals surface area contributed by atoms with E-state index in [2.05, 4.69) is 15.0 Å². The molecule has 1 aromatic heterocycles. The molecule has 2 rings (SSSR count). The highest BCUT2D eigenvalue weighted by Gasteiger charge is 2.04. The van der Waals surface area contributed by atoms with Crippen LogP contribution in [0.4, 0.5) is 11.4 Å². The predicted molar refractivity (Wildman–Crippen MR) is 77.3 cm³/mol. The average Bonchev–Trinajstić information content (AvgIpc) is 2.70. The molecule has 19 heavy (non-hydrogen) atoms. The van der Waals surface area contributed by atoms with Crippen LogP contribution in [0.1, 0.15) is 10.6 Å². The Morgan fingerprint density at radius 1 is 1.37 bits per heavy atom. The van der Waals surface area contributed by atoms with Gasteiger partial charge in [-0.1, -0.05) is 6.07 Å². The normalized spacial score (nSPS) is 11.3. The van der Waals surface area contributed by atoms with Crippen molar-refractivity contribution >= 4 is 32.9 Å². The first-order chi connectivity index (χ1) is 8.94. The molecular formula is C11H14N4O2S2. The number of aryl methyl sites for hydroxylation is 1. The number of nitrogens with zero attached hydrogens (tertiary/aromatic N) is 1. The number of rotatable bonds is 5. The van der Waals surface area contributed by atoms with Crippen LogP contribution >= 0.6 is 11.3 Å². The van der Waals surface area contributed by atoms with Gasteiger partial charge < -0.3 is 5.32 Å². The van der Waals surface area contributed by atoms with Gasteiger partial charge >= 0.3 is 0 Å². The lowest BCUT2D eigenvalue weighted by molar-refractivity contribution is 0.603. The maximum absolute atomic E-state index is 10.9. The van der Waals surface area contributed by atoms with Gasteiger partial charge in [-0.15, -0.1) is 11.3 Å². The van der Waals surface area contributed by atoms with Crippen LogP contribution in [-0.4, -0.2) is 13.4 Å². The largest absolute Gasteiger partial charge is 0.380 e. The first-order valence-electron chi connectivity index (χ1n) is 5.47. The fourth-order valence-electron chi connectivity index (χ4n) is 1.54. The van der Waals surface area contributed by atoms with Gasteiger partial charge in [0.25, 0.3) is 10.2 Å². The summed E-state index contributed by atoms with van der Waals surface area (Å²) >= 11 is 1.58. The van der Waals surface area contributed by atoms with Crippen molar-refractivity contribution in [2.24, 2.45) is 5.14 Å². The lowest BCUT2D eigenvalue weighted by Crippen LogP contribution is -2.21. The molecule has 0 aliphatic carbocycles. The Bertz CT molecular complexity index is 667. The quantitative estimate of drug-likeness (QED) is 0.782. The molecule has 0 aliphatic rings. The van der Waals surface area contributed by atoms with Crippen molar-refractivity contribution in [1.82, 2.24) is 4.98 Å². The molecule has 0 saturated carbocycles. The molecule has 0 amide bonds. The Hall–Kier alpha value is -1.64. The molecule has 102 valence electrons. The number of nitrogens with two attached hydrogens (primary N) is 1. The van der Waals surface area contributed by atoms with E-state index in [1.807, 2.05) is 13.0 Å². The topological polar surface area (TPSA) is 97.1 Å². The summed E-state index contributed by atoms with van der Waals surface area (Å²) in [6.45, 7) is 2.60. The van der Waals surface area contributed by atoms with Crippen LogP contribution in [0, 0.1) is 6.92 Å². The molecule has 2 aromatic rings. The SMILES string of the molecule is Cc1ncsc1CNc1cccc(NS(N)(=O)=O)c1. The van der Waals surface area contributed by atoms with Crippen LogP contribution in [-0.2, 0) is 16.8 Å². The van der Waals surface area contributed by atoms with Gasteiger partial charge in [-0.25, -0.2) is 10.1 Å². The van der Waals surface area contributed by atoms with E-state index in [-0.39, 0.29) is 0 Å². The summed E-state index contributed by atoms with van der Waals surface area (Å²) in [6.07, 6.45) is 0. The zero-order chi connectivity index (χ0) is 13.9. The summed E-state index contributed by atoms with van der Waals surface area (Å²) in [5, 5.41) is 8.13. The number of hydrogen-bond donors (Lipinski definition) is 3. The van der Waals surface area contributed by atoms with Gasteiger partial charge in [0, 0.05) is 10.6 Å². The first-order valence-corrected chi connectivity index (χ1v) is 7.90. The molecule has 4 N–H and O–H groups in total. The lowest BCUT2D eigenvalue weighted by atomic mass is 10.3. The Morgan fingerprint density at radius 2 is 2.11 bits per heavy atom. The highest BCUT2D eigenvalue weighted by atomic mass is 32.2. The highest BCUT2D eigenvalue weighted by molar-refractivity contribution is 7.90. The zero-order valence-corrected chi connectivity index (χ0v) is 11.9. The molecule has 1 heterocycles. The van der Waals surface area contributed by atoms with Crippen molar-refractivity contribution in [3.63, 3.8) is 0 Å². The van der Waals surface area contributed by atoms with Crippen molar-refractivity contribution < 1.29 is 8.42 Å². The number of thiazole rings is 1. The zero-order valence-electron chi connectivity index (χ0n) is 10.3. The Kier molecular flexibility index (Phi) is 4.03. The molecule has 0 fully saturated rings. The number of aromatic nitrogens is 1. The number of nitrogens with one attached hydrogen (secondary N) is 2. The lowest BCUT2D eigenvalue weighted by Gasteiger charge is -2.08. The van der Waals surface area contributed by atoms with Crippen LogP contribution in [0.5, 0.6) is 0 Å². The summed E-state index contributed by atoms with van der Waals surface area (Å²) in [7, 11) is -3.74. The molecule has 0 atom stereocenters. The van der Waals surface area contributed by atoms with Gasteiger partial charge in [-0.05, 0) is 25.1 Å². The monoisotopic (exact) mass is 298 g/mol. The minimum Gasteiger partial charge on any atom is -0.380 e. The van der Waals surface area contributed by atoms with Crippen molar-refractivity contribution in [3.8, 4) is 0 Å². The van der Waals surface area contributed by atoms with Gasteiger partial charge in [-0.2, -0.15) is 8.42 Å². The first kappa shape index (κ1) is 13.8. The fourth-order valence-corrected chi connectivity index (χ4v) is 2.71. The van der Waals surface area contributed by atoms with Crippen LogP contribution in [0.3, 0.4) is 0 Å². The van der Waals surface area contributed by atoms with Gasteiger partial charge in [0.2, 0.25) is 0 Å². The van der Waals surface area contributed by atoms with E-state index in [0.717, 1.165) is 16.3 Å². The van der Waals surface area contributed by atoms with E-state index in [1.54, 1.807) is 35.0 Å². The van der Waals surface area contributed by atoms with Crippen LogP contribution in [0.15, 0.2) is 29.8 Å². The summed E-state index contributed by atoms with van der Waals surface area (Å²) in [5.41, 5.74) is 4.02. The van der Waals surface area contributed by atoms with Crippen LogP contribution < -0.4 is 15.2 Å². The third kappa shape index (κ3) is 4.19. The standard InChI is InChI=1S/C11H14N4O2S2/c1-8-11(18-7-14-8)6-13-9-3-2-4-10(5-9)15-19(12,16)17/h2-5,7,13,15H,6H2,1H3,(H2,12,16,17). The maximum atomic E-state index is 10.9.